The lowest BCUT2D eigenvalue weighted by Gasteiger charge is -2.19. The largest absolute Gasteiger partial charge is 0.340 e. The molecule has 1 N–H and O–H groups in total. The van der Waals surface area contributed by atoms with Gasteiger partial charge in [-0.2, -0.15) is 0 Å². The summed E-state index contributed by atoms with van der Waals surface area (Å²) in [6.45, 7) is 0. The van der Waals surface area contributed by atoms with Crippen LogP contribution >= 0.6 is 23.2 Å². The van der Waals surface area contributed by atoms with Gasteiger partial charge in [-0.3, -0.25) is 4.79 Å². The van der Waals surface area contributed by atoms with E-state index in [4.69, 9.17) is 23.2 Å². The maximum Gasteiger partial charge on any atom is 0.252 e. The molecule has 0 radical (unpaired) electrons. The minimum atomic E-state index is -0.417. The fraction of sp³-hybridized carbons (Fsp3) is 0.0370. The van der Waals surface area contributed by atoms with Crippen LogP contribution in [0.25, 0.3) is 22.4 Å². The smallest absolute Gasteiger partial charge is 0.252 e. The molecular weight excluding hydrogens is 453 g/mol. The van der Waals surface area contributed by atoms with E-state index in [0.717, 1.165) is 16.8 Å². The average molecular weight is 472 g/mol. The first kappa shape index (κ1) is 21.3. The van der Waals surface area contributed by atoms with Crippen molar-refractivity contribution in [2.75, 3.05) is 0 Å². The Bertz CT molecular complexity index is 1460. The second-order valence-electron chi connectivity index (χ2n) is 7.65. The molecule has 5 rings (SSSR count). The number of hydrogen-bond acceptors (Lipinski definition) is 2. The maximum absolute atomic E-state index is 13.3. The van der Waals surface area contributed by atoms with Crippen molar-refractivity contribution in [1.29, 1.82) is 0 Å². The van der Waals surface area contributed by atoms with E-state index in [9.17, 15) is 4.79 Å². The number of H-pyrrole nitrogens is 1. The van der Waals surface area contributed by atoms with Gasteiger partial charge in [-0.25, -0.2) is 4.98 Å². The van der Waals surface area contributed by atoms with Crippen LogP contribution in [0.2, 0.25) is 10.0 Å². The summed E-state index contributed by atoms with van der Waals surface area (Å²) < 4.78 is 1.67. The van der Waals surface area contributed by atoms with Crippen LogP contribution < -0.4 is 5.56 Å². The summed E-state index contributed by atoms with van der Waals surface area (Å²) in [5.74, 6) is 0.677. The Labute approximate surface area is 201 Å². The minimum Gasteiger partial charge on any atom is -0.340 e. The van der Waals surface area contributed by atoms with Crippen LogP contribution in [-0.2, 0) is 0 Å². The quantitative estimate of drug-likeness (QED) is 0.304. The molecule has 0 aliphatic heterocycles. The molecule has 0 bridgehead atoms. The van der Waals surface area contributed by atoms with Gasteiger partial charge < -0.3 is 9.55 Å². The molecule has 0 fully saturated rings. The molecule has 0 aliphatic carbocycles. The Morgan fingerprint density at radius 3 is 2.27 bits per heavy atom. The van der Waals surface area contributed by atoms with Gasteiger partial charge in [-0.15, -0.1) is 0 Å². The molecule has 2 heterocycles. The minimum absolute atomic E-state index is 0.171. The zero-order valence-corrected chi connectivity index (χ0v) is 19.0. The standard InChI is InChI=1S/C27H19Cl2N3O/c28-21-11-12-23(29)22(16-21)20-13-14-32(25(33)15-20)26(19-9-5-2-6-10-19)27-30-17-24(31-27)18-7-3-1-4-8-18/h1-17,26H,(H,30,31)/t26-/m0/s1. The average Bonchev–Trinajstić information content (AvgIpc) is 3.33. The highest BCUT2D eigenvalue weighted by atomic mass is 35.5. The van der Waals surface area contributed by atoms with Crippen LogP contribution in [-0.4, -0.2) is 14.5 Å². The number of pyridine rings is 1. The summed E-state index contributed by atoms with van der Waals surface area (Å²) in [6, 6.07) is 28.0. The van der Waals surface area contributed by atoms with Crippen molar-refractivity contribution >= 4 is 23.2 Å². The van der Waals surface area contributed by atoms with Crippen LogP contribution in [0.3, 0.4) is 0 Å². The molecular formula is C27H19Cl2N3O. The van der Waals surface area contributed by atoms with E-state index in [2.05, 4.69) is 9.97 Å². The molecule has 6 heteroatoms. The van der Waals surface area contributed by atoms with Crippen molar-refractivity contribution < 1.29 is 0 Å². The van der Waals surface area contributed by atoms with Gasteiger partial charge in [-0.05, 0) is 41.0 Å². The Hall–Kier alpha value is -3.60. The highest BCUT2D eigenvalue weighted by Gasteiger charge is 2.21. The van der Waals surface area contributed by atoms with Crippen molar-refractivity contribution in [3.63, 3.8) is 0 Å². The van der Waals surface area contributed by atoms with E-state index in [0.29, 0.717) is 27.0 Å². The zero-order valence-electron chi connectivity index (χ0n) is 17.5. The SMILES string of the molecule is O=c1cc(-c2cc(Cl)ccc2Cl)ccn1[C@@H](c1ccccc1)c1ncc(-c2ccccc2)[nH]1. The van der Waals surface area contributed by atoms with Gasteiger partial charge in [0, 0.05) is 27.9 Å². The third kappa shape index (κ3) is 4.36. The van der Waals surface area contributed by atoms with Gasteiger partial charge in [-0.1, -0.05) is 83.9 Å². The Balaban J connectivity index is 1.61. The lowest BCUT2D eigenvalue weighted by Crippen LogP contribution is -2.26. The number of aromatic nitrogens is 3. The van der Waals surface area contributed by atoms with E-state index in [1.165, 1.54) is 0 Å². The zero-order chi connectivity index (χ0) is 22.8. The van der Waals surface area contributed by atoms with Crippen LogP contribution in [0.5, 0.6) is 0 Å². The van der Waals surface area contributed by atoms with Crippen molar-refractivity contribution in [3.8, 4) is 22.4 Å². The molecule has 1 atom stereocenters. The normalized spacial score (nSPS) is 11.9. The Morgan fingerprint density at radius 1 is 0.818 bits per heavy atom. The molecule has 4 nitrogen and oxygen atoms in total. The van der Waals surface area contributed by atoms with Gasteiger partial charge in [0.1, 0.15) is 11.9 Å². The lowest BCUT2D eigenvalue weighted by atomic mass is 10.0. The van der Waals surface area contributed by atoms with Crippen LogP contribution in [0.1, 0.15) is 17.4 Å². The van der Waals surface area contributed by atoms with Crippen LogP contribution in [0.15, 0.2) is 108 Å². The van der Waals surface area contributed by atoms with E-state index in [-0.39, 0.29) is 5.56 Å². The lowest BCUT2D eigenvalue weighted by molar-refractivity contribution is 0.620. The number of hydrogen-bond donors (Lipinski definition) is 1. The summed E-state index contributed by atoms with van der Waals surface area (Å²) >= 11 is 12.5. The van der Waals surface area contributed by atoms with Gasteiger partial charge in [0.2, 0.25) is 0 Å². The fourth-order valence-corrected chi connectivity index (χ4v) is 4.31. The summed E-state index contributed by atoms with van der Waals surface area (Å²) in [4.78, 5) is 21.4. The number of imidazole rings is 1. The van der Waals surface area contributed by atoms with E-state index in [1.54, 1.807) is 41.2 Å². The molecule has 0 saturated carbocycles. The molecule has 0 amide bonds. The monoisotopic (exact) mass is 471 g/mol. The van der Waals surface area contributed by atoms with Gasteiger partial charge in [0.15, 0.2) is 0 Å². The first-order valence-corrected chi connectivity index (χ1v) is 11.2. The highest BCUT2D eigenvalue weighted by molar-refractivity contribution is 6.35. The van der Waals surface area contributed by atoms with E-state index in [1.807, 2.05) is 66.7 Å². The molecule has 0 saturated heterocycles. The molecule has 33 heavy (non-hydrogen) atoms. The molecule has 3 aromatic carbocycles. The van der Waals surface area contributed by atoms with Crippen LogP contribution in [0.4, 0.5) is 0 Å². The predicted octanol–water partition coefficient (Wildman–Crippen LogP) is 6.85. The number of nitrogens with one attached hydrogen (secondary N) is 1. The van der Waals surface area contributed by atoms with Gasteiger partial charge in [0.25, 0.3) is 5.56 Å². The summed E-state index contributed by atoms with van der Waals surface area (Å²) in [6.07, 6.45) is 3.57. The number of benzene rings is 3. The fourth-order valence-electron chi connectivity index (χ4n) is 3.91. The molecule has 2 aromatic heterocycles. The number of aromatic amines is 1. The predicted molar refractivity (Wildman–Crippen MR) is 134 cm³/mol. The van der Waals surface area contributed by atoms with Crippen molar-refractivity contribution in [1.82, 2.24) is 14.5 Å². The van der Waals surface area contributed by atoms with E-state index >= 15 is 0 Å². The van der Waals surface area contributed by atoms with Crippen LogP contribution in [0, 0.1) is 0 Å². The first-order valence-electron chi connectivity index (χ1n) is 10.4. The van der Waals surface area contributed by atoms with Crippen molar-refractivity contribution in [2.45, 2.75) is 6.04 Å². The van der Waals surface area contributed by atoms with Gasteiger partial charge in [0.05, 0.1) is 11.9 Å². The van der Waals surface area contributed by atoms with E-state index < -0.39 is 6.04 Å². The molecule has 0 spiro atoms. The first-order chi connectivity index (χ1) is 16.1. The molecule has 5 aromatic rings. The second kappa shape index (κ2) is 9.10. The van der Waals surface area contributed by atoms with Crippen molar-refractivity contribution in [2.24, 2.45) is 0 Å². The number of rotatable bonds is 5. The van der Waals surface area contributed by atoms with Gasteiger partial charge >= 0.3 is 0 Å². The molecule has 0 unspecified atom stereocenters. The molecule has 162 valence electrons. The third-order valence-corrected chi connectivity index (χ3v) is 6.09. The number of halogens is 2. The summed E-state index contributed by atoms with van der Waals surface area (Å²) in [5, 5.41) is 1.10. The Morgan fingerprint density at radius 2 is 1.55 bits per heavy atom. The third-order valence-electron chi connectivity index (χ3n) is 5.52. The highest BCUT2D eigenvalue weighted by Crippen LogP contribution is 2.31. The topological polar surface area (TPSA) is 50.7 Å². The molecule has 0 aliphatic rings. The summed E-state index contributed by atoms with van der Waals surface area (Å²) in [7, 11) is 0. The Kier molecular flexibility index (Phi) is 5.86. The number of nitrogens with zero attached hydrogens (tertiary/aromatic N) is 2. The maximum atomic E-state index is 13.3. The van der Waals surface area contributed by atoms with Crippen molar-refractivity contribution in [3.05, 3.63) is 135 Å². The summed E-state index contributed by atoms with van der Waals surface area (Å²) in [5.41, 5.74) is 4.12. The second-order valence-corrected chi connectivity index (χ2v) is 8.49.